The standard InChI is InChI=1S/C19H23F2N3O2.HI/c1-22-19(23-12-4-5-14-8-10-16(25)11-9-14)24-13-15-6-2-3-7-17(15)26-18(20)21;/h2-3,6-11,18,25H,4-5,12-13H2,1H3,(H2,22,23,24);1H. The third-order valence-electron chi connectivity index (χ3n) is 3.73. The van der Waals surface area contributed by atoms with E-state index in [0.29, 0.717) is 24.6 Å². The predicted molar refractivity (Wildman–Crippen MR) is 113 cm³/mol. The maximum absolute atomic E-state index is 12.4. The van der Waals surface area contributed by atoms with Crippen LogP contribution in [0.15, 0.2) is 53.5 Å². The zero-order chi connectivity index (χ0) is 18.8. The van der Waals surface area contributed by atoms with Crippen LogP contribution in [0, 0.1) is 0 Å². The van der Waals surface area contributed by atoms with Gasteiger partial charge >= 0.3 is 6.61 Å². The van der Waals surface area contributed by atoms with Crippen molar-refractivity contribution in [3.8, 4) is 11.5 Å². The van der Waals surface area contributed by atoms with Crippen LogP contribution in [0.1, 0.15) is 17.5 Å². The van der Waals surface area contributed by atoms with E-state index < -0.39 is 6.61 Å². The number of aryl methyl sites for hydroxylation is 1. The Hall–Kier alpha value is -2.10. The Morgan fingerprint density at radius 2 is 1.81 bits per heavy atom. The minimum atomic E-state index is -2.85. The van der Waals surface area contributed by atoms with Gasteiger partial charge in [0.1, 0.15) is 11.5 Å². The molecule has 0 saturated carbocycles. The van der Waals surface area contributed by atoms with Crippen LogP contribution in [0.2, 0.25) is 0 Å². The largest absolute Gasteiger partial charge is 0.508 e. The molecular weight excluding hydrogens is 467 g/mol. The zero-order valence-electron chi connectivity index (χ0n) is 15.0. The van der Waals surface area contributed by atoms with E-state index in [0.717, 1.165) is 18.4 Å². The lowest BCUT2D eigenvalue weighted by molar-refractivity contribution is -0.0504. The fourth-order valence-electron chi connectivity index (χ4n) is 2.42. The summed E-state index contributed by atoms with van der Waals surface area (Å²) in [6, 6.07) is 13.8. The van der Waals surface area contributed by atoms with Crippen LogP contribution in [0.4, 0.5) is 8.78 Å². The molecule has 0 fully saturated rings. The molecule has 0 saturated heterocycles. The number of nitrogens with one attached hydrogen (secondary N) is 2. The van der Waals surface area contributed by atoms with Gasteiger partial charge in [-0.25, -0.2) is 0 Å². The fourth-order valence-corrected chi connectivity index (χ4v) is 2.42. The van der Waals surface area contributed by atoms with Gasteiger partial charge in [-0.1, -0.05) is 30.3 Å². The van der Waals surface area contributed by atoms with Crippen LogP contribution in [0.25, 0.3) is 0 Å². The Balaban J connectivity index is 0.00000364. The summed E-state index contributed by atoms with van der Waals surface area (Å²) in [7, 11) is 1.65. The number of rotatable bonds is 8. The molecule has 0 aliphatic rings. The van der Waals surface area contributed by atoms with E-state index in [1.54, 1.807) is 37.4 Å². The highest BCUT2D eigenvalue weighted by Crippen LogP contribution is 2.19. The van der Waals surface area contributed by atoms with E-state index in [-0.39, 0.29) is 35.5 Å². The van der Waals surface area contributed by atoms with Crippen molar-refractivity contribution in [1.82, 2.24) is 10.6 Å². The highest BCUT2D eigenvalue weighted by Gasteiger charge is 2.09. The van der Waals surface area contributed by atoms with Crippen LogP contribution in [0.5, 0.6) is 11.5 Å². The molecule has 0 unspecified atom stereocenters. The number of phenols is 1. The molecule has 0 radical (unpaired) electrons. The molecule has 0 amide bonds. The van der Waals surface area contributed by atoms with Crippen molar-refractivity contribution in [2.75, 3.05) is 13.6 Å². The molecule has 27 heavy (non-hydrogen) atoms. The first kappa shape index (κ1) is 22.9. The molecule has 0 heterocycles. The summed E-state index contributed by atoms with van der Waals surface area (Å²) in [6.07, 6.45) is 1.76. The van der Waals surface area contributed by atoms with E-state index in [4.69, 9.17) is 0 Å². The third kappa shape index (κ3) is 8.42. The second-order valence-electron chi connectivity index (χ2n) is 5.61. The van der Waals surface area contributed by atoms with Gasteiger partial charge in [0.2, 0.25) is 0 Å². The van der Waals surface area contributed by atoms with Gasteiger partial charge in [-0.3, -0.25) is 4.99 Å². The molecule has 8 heteroatoms. The summed E-state index contributed by atoms with van der Waals surface area (Å²) in [4.78, 5) is 4.12. The molecule has 0 aliphatic carbocycles. The number of aliphatic imine (C=N–C) groups is 1. The van der Waals surface area contributed by atoms with Gasteiger partial charge in [0.25, 0.3) is 0 Å². The number of para-hydroxylation sites is 1. The normalized spacial score (nSPS) is 11.0. The maximum Gasteiger partial charge on any atom is 0.387 e. The summed E-state index contributed by atoms with van der Waals surface area (Å²) in [6.45, 7) is -1.83. The van der Waals surface area contributed by atoms with Crippen molar-refractivity contribution in [2.24, 2.45) is 4.99 Å². The van der Waals surface area contributed by atoms with Crippen molar-refractivity contribution >= 4 is 29.9 Å². The molecule has 0 aliphatic heterocycles. The topological polar surface area (TPSA) is 65.9 Å². The first-order valence-corrected chi connectivity index (χ1v) is 8.33. The molecule has 0 bridgehead atoms. The summed E-state index contributed by atoms with van der Waals surface area (Å²) in [5, 5.41) is 15.5. The average Bonchev–Trinajstić information content (AvgIpc) is 2.63. The summed E-state index contributed by atoms with van der Waals surface area (Å²) >= 11 is 0. The Labute approximate surface area is 174 Å². The zero-order valence-corrected chi connectivity index (χ0v) is 17.3. The number of hydrogen-bond acceptors (Lipinski definition) is 3. The van der Waals surface area contributed by atoms with Gasteiger partial charge in [-0.15, -0.1) is 24.0 Å². The van der Waals surface area contributed by atoms with E-state index >= 15 is 0 Å². The number of benzene rings is 2. The molecule has 0 spiro atoms. The van der Waals surface area contributed by atoms with E-state index in [1.165, 1.54) is 6.07 Å². The van der Waals surface area contributed by atoms with Gasteiger partial charge < -0.3 is 20.5 Å². The lowest BCUT2D eigenvalue weighted by atomic mass is 10.1. The number of hydrogen-bond donors (Lipinski definition) is 3. The van der Waals surface area contributed by atoms with Gasteiger partial charge in [0.15, 0.2) is 5.96 Å². The van der Waals surface area contributed by atoms with Gasteiger partial charge in [-0.05, 0) is 36.6 Å². The predicted octanol–water partition coefficient (Wildman–Crippen LogP) is 3.91. The number of guanidine groups is 1. The van der Waals surface area contributed by atoms with E-state index in [2.05, 4.69) is 20.4 Å². The lowest BCUT2D eigenvalue weighted by Crippen LogP contribution is -2.37. The minimum Gasteiger partial charge on any atom is -0.508 e. The van der Waals surface area contributed by atoms with Crippen LogP contribution in [-0.4, -0.2) is 31.3 Å². The quantitative estimate of drug-likeness (QED) is 0.227. The average molecular weight is 491 g/mol. The maximum atomic E-state index is 12.4. The molecule has 2 aromatic carbocycles. The molecule has 2 rings (SSSR count). The molecule has 0 atom stereocenters. The van der Waals surface area contributed by atoms with Crippen LogP contribution in [0.3, 0.4) is 0 Å². The molecule has 2 aromatic rings. The second kappa shape index (κ2) is 12.3. The van der Waals surface area contributed by atoms with Crippen molar-refractivity contribution in [3.05, 3.63) is 59.7 Å². The third-order valence-corrected chi connectivity index (χ3v) is 3.73. The summed E-state index contributed by atoms with van der Waals surface area (Å²) < 4.78 is 29.4. The SMILES string of the molecule is CN=C(NCCCc1ccc(O)cc1)NCc1ccccc1OC(F)F.I. The van der Waals surface area contributed by atoms with Crippen LogP contribution in [-0.2, 0) is 13.0 Å². The highest BCUT2D eigenvalue weighted by atomic mass is 127. The van der Waals surface area contributed by atoms with Gasteiger partial charge in [0, 0.05) is 25.7 Å². The first-order chi connectivity index (χ1) is 12.6. The Morgan fingerprint density at radius 3 is 2.48 bits per heavy atom. The van der Waals surface area contributed by atoms with Crippen molar-refractivity contribution in [3.63, 3.8) is 0 Å². The van der Waals surface area contributed by atoms with Crippen molar-refractivity contribution < 1.29 is 18.6 Å². The number of halogens is 3. The highest BCUT2D eigenvalue weighted by molar-refractivity contribution is 14.0. The molecular formula is C19H24F2IN3O2. The number of nitrogens with zero attached hydrogens (tertiary/aromatic N) is 1. The molecule has 148 valence electrons. The molecule has 5 nitrogen and oxygen atoms in total. The lowest BCUT2D eigenvalue weighted by Gasteiger charge is -2.14. The number of ether oxygens (including phenoxy) is 1. The number of phenolic OH excluding ortho intramolecular Hbond substituents is 1. The van der Waals surface area contributed by atoms with E-state index in [9.17, 15) is 13.9 Å². The monoisotopic (exact) mass is 491 g/mol. The Morgan fingerprint density at radius 1 is 1.11 bits per heavy atom. The molecule has 3 N–H and O–H groups in total. The van der Waals surface area contributed by atoms with Gasteiger partial charge in [-0.2, -0.15) is 8.78 Å². The minimum absolute atomic E-state index is 0. The van der Waals surface area contributed by atoms with E-state index in [1.807, 2.05) is 12.1 Å². The Bertz CT molecular complexity index is 712. The first-order valence-electron chi connectivity index (χ1n) is 8.33. The number of aromatic hydroxyl groups is 1. The van der Waals surface area contributed by atoms with Crippen molar-refractivity contribution in [2.45, 2.75) is 26.0 Å². The summed E-state index contributed by atoms with van der Waals surface area (Å²) in [5.74, 6) is 0.993. The molecule has 0 aromatic heterocycles. The van der Waals surface area contributed by atoms with Crippen molar-refractivity contribution in [1.29, 1.82) is 0 Å². The Kier molecular flexibility index (Phi) is 10.5. The second-order valence-corrected chi connectivity index (χ2v) is 5.61. The smallest absolute Gasteiger partial charge is 0.387 e. The van der Waals surface area contributed by atoms with Crippen LogP contribution >= 0.6 is 24.0 Å². The van der Waals surface area contributed by atoms with Gasteiger partial charge in [0.05, 0.1) is 0 Å². The van der Waals surface area contributed by atoms with Crippen LogP contribution < -0.4 is 15.4 Å². The fraction of sp³-hybridized carbons (Fsp3) is 0.316. The number of alkyl halides is 2. The summed E-state index contributed by atoms with van der Waals surface area (Å²) in [5.41, 5.74) is 1.77.